The van der Waals surface area contributed by atoms with Crippen LogP contribution in [-0.2, 0) is 10.8 Å². The highest BCUT2D eigenvalue weighted by atomic mass is 32.2. The minimum Gasteiger partial charge on any atom is -0.254 e. The van der Waals surface area contributed by atoms with Crippen LogP contribution in [0.1, 0.15) is 18.4 Å². The van der Waals surface area contributed by atoms with Crippen molar-refractivity contribution in [2.45, 2.75) is 24.7 Å². The SMILES string of the molecule is Cc1cc(S(=O)CC2CC2)ccc1F. The summed E-state index contributed by atoms with van der Waals surface area (Å²) in [5.74, 6) is 1.16. The van der Waals surface area contributed by atoms with Crippen molar-refractivity contribution in [3.63, 3.8) is 0 Å². The molecule has 0 bridgehead atoms. The molecule has 3 heteroatoms. The molecule has 1 aromatic carbocycles. The standard InChI is InChI=1S/C11H13FOS/c1-8-6-10(4-5-11(8)12)14(13)7-9-2-3-9/h4-6,9H,2-3,7H2,1H3. The molecule has 0 aromatic heterocycles. The maximum Gasteiger partial charge on any atom is 0.126 e. The molecule has 2 rings (SSSR count). The molecule has 76 valence electrons. The van der Waals surface area contributed by atoms with E-state index in [4.69, 9.17) is 0 Å². The molecule has 0 spiro atoms. The second-order valence-corrected chi connectivity index (χ2v) is 5.36. The van der Waals surface area contributed by atoms with Crippen LogP contribution in [0.3, 0.4) is 0 Å². The number of aryl methyl sites for hydroxylation is 1. The van der Waals surface area contributed by atoms with Gasteiger partial charge in [-0.25, -0.2) is 4.39 Å². The number of benzene rings is 1. The summed E-state index contributed by atoms with van der Waals surface area (Å²) in [5.41, 5.74) is 0.576. The van der Waals surface area contributed by atoms with E-state index in [0.29, 0.717) is 11.5 Å². The van der Waals surface area contributed by atoms with Crippen molar-refractivity contribution in [1.29, 1.82) is 0 Å². The van der Waals surface area contributed by atoms with E-state index in [1.165, 1.54) is 18.9 Å². The van der Waals surface area contributed by atoms with E-state index in [9.17, 15) is 8.60 Å². The zero-order chi connectivity index (χ0) is 10.1. The normalized spacial score (nSPS) is 18.1. The van der Waals surface area contributed by atoms with E-state index in [1.807, 2.05) is 0 Å². The second-order valence-electron chi connectivity index (χ2n) is 3.87. The summed E-state index contributed by atoms with van der Waals surface area (Å²) in [7, 11) is -0.936. The summed E-state index contributed by atoms with van der Waals surface area (Å²) in [5, 5.41) is 0. The van der Waals surface area contributed by atoms with Gasteiger partial charge >= 0.3 is 0 Å². The lowest BCUT2D eigenvalue weighted by Crippen LogP contribution is -2.00. The molecule has 0 heterocycles. The molecule has 1 aromatic rings. The maximum absolute atomic E-state index is 12.9. The summed E-state index contributed by atoms with van der Waals surface area (Å²) in [6.07, 6.45) is 2.40. The van der Waals surface area contributed by atoms with Gasteiger partial charge in [0.25, 0.3) is 0 Å². The Morgan fingerprint density at radius 1 is 1.50 bits per heavy atom. The lowest BCUT2D eigenvalue weighted by atomic mass is 10.2. The van der Waals surface area contributed by atoms with Crippen molar-refractivity contribution in [3.8, 4) is 0 Å². The molecule has 0 radical (unpaired) electrons. The molecule has 1 nitrogen and oxygen atoms in total. The largest absolute Gasteiger partial charge is 0.254 e. The van der Waals surface area contributed by atoms with Crippen LogP contribution in [0.15, 0.2) is 23.1 Å². The number of halogens is 1. The van der Waals surface area contributed by atoms with Gasteiger partial charge in [0, 0.05) is 10.6 Å². The summed E-state index contributed by atoms with van der Waals surface area (Å²) in [6.45, 7) is 1.70. The van der Waals surface area contributed by atoms with E-state index in [0.717, 1.165) is 10.6 Å². The van der Waals surface area contributed by atoms with Crippen LogP contribution in [0.25, 0.3) is 0 Å². The lowest BCUT2D eigenvalue weighted by molar-refractivity contribution is 0.616. The molecule has 0 saturated heterocycles. The van der Waals surface area contributed by atoms with Gasteiger partial charge in [0.15, 0.2) is 0 Å². The first-order valence-corrected chi connectivity index (χ1v) is 6.13. The third kappa shape index (κ3) is 2.21. The molecule has 14 heavy (non-hydrogen) atoms. The molecule has 1 saturated carbocycles. The van der Waals surface area contributed by atoms with Gasteiger partial charge in [-0.2, -0.15) is 0 Å². The predicted octanol–water partition coefficient (Wildman–Crippen LogP) is 2.65. The average Bonchev–Trinajstić information content (AvgIpc) is 2.93. The van der Waals surface area contributed by atoms with Crippen molar-refractivity contribution in [2.24, 2.45) is 5.92 Å². The fraction of sp³-hybridized carbons (Fsp3) is 0.455. The third-order valence-corrected chi connectivity index (χ3v) is 4.03. The van der Waals surface area contributed by atoms with Gasteiger partial charge in [-0.1, -0.05) is 0 Å². The highest BCUT2D eigenvalue weighted by Crippen LogP contribution is 2.31. The number of hydrogen-bond acceptors (Lipinski definition) is 1. The smallest absolute Gasteiger partial charge is 0.126 e. The van der Waals surface area contributed by atoms with Crippen molar-refractivity contribution < 1.29 is 8.60 Å². The lowest BCUT2D eigenvalue weighted by Gasteiger charge is -2.02. The summed E-state index contributed by atoms with van der Waals surface area (Å²) < 4.78 is 24.7. The van der Waals surface area contributed by atoms with Crippen LogP contribution in [0, 0.1) is 18.7 Å². The molecule has 1 fully saturated rings. The van der Waals surface area contributed by atoms with Crippen molar-refractivity contribution >= 4 is 10.8 Å². The quantitative estimate of drug-likeness (QED) is 0.752. The van der Waals surface area contributed by atoms with Crippen molar-refractivity contribution in [1.82, 2.24) is 0 Å². The average molecular weight is 212 g/mol. The molecular formula is C11H13FOS. The predicted molar refractivity (Wildman–Crippen MR) is 55.1 cm³/mol. The van der Waals surface area contributed by atoms with E-state index < -0.39 is 10.8 Å². The van der Waals surface area contributed by atoms with Gasteiger partial charge in [-0.15, -0.1) is 0 Å². The Labute approximate surface area is 85.8 Å². The van der Waals surface area contributed by atoms with Gasteiger partial charge in [-0.05, 0) is 49.4 Å². The van der Waals surface area contributed by atoms with Gasteiger partial charge in [0.2, 0.25) is 0 Å². The third-order valence-electron chi connectivity index (χ3n) is 2.48. The van der Waals surface area contributed by atoms with Crippen LogP contribution in [-0.4, -0.2) is 9.96 Å². The first kappa shape index (κ1) is 9.84. The number of rotatable bonds is 3. The molecule has 0 amide bonds. The van der Waals surface area contributed by atoms with Crippen LogP contribution >= 0.6 is 0 Å². The molecule has 1 aliphatic carbocycles. The Kier molecular flexibility index (Phi) is 2.68. The minimum absolute atomic E-state index is 0.225. The summed E-state index contributed by atoms with van der Waals surface area (Å²) in [4.78, 5) is 0.760. The Morgan fingerprint density at radius 3 is 2.79 bits per heavy atom. The molecule has 1 aliphatic rings. The monoisotopic (exact) mass is 212 g/mol. The Morgan fingerprint density at radius 2 is 2.21 bits per heavy atom. The van der Waals surface area contributed by atoms with Gasteiger partial charge < -0.3 is 0 Å². The van der Waals surface area contributed by atoms with Gasteiger partial charge in [0.1, 0.15) is 5.82 Å². The van der Waals surface area contributed by atoms with E-state index in [1.54, 1.807) is 19.1 Å². The molecule has 1 atom stereocenters. The Balaban J connectivity index is 2.14. The van der Waals surface area contributed by atoms with Crippen LogP contribution in [0.5, 0.6) is 0 Å². The Bertz CT molecular complexity index is 372. The zero-order valence-corrected chi connectivity index (χ0v) is 8.94. The second kappa shape index (κ2) is 3.81. The maximum atomic E-state index is 12.9. The zero-order valence-electron chi connectivity index (χ0n) is 8.13. The van der Waals surface area contributed by atoms with Crippen molar-refractivity contribution in [2.75, 3.05) is 5.75 Å². The Hall–Kier alpha value is -0.700. The van der Waals surface area contributed by atoms with E-state index in [2.05, 4.69) is 0 Å². The topological polar surface area (TPSA) is 17.1 Å². The first-order valence-electron chi connectivity index (χ1n) is 4.81. The van der Waals surface area contributed by atoms with Gasteiger partial charge in [-0.3, -0.25) is 4.21 Å². The van der Waals surface area contributed by atoms with E-state index in [-0.39, 0.29) is 5.82 Å². The molecule has 0 N–H and O–H groups in total. The van der Waals surface area contributed by atoms with Gasteiger partial charge in [0.05, 0.1) is 10.8 Å². The molecule has 0 aliphatic heterocycles. The van der Waals surface area contributed by atoms with Crippen molar-refractivity contribution in [3.05, 3.63) is 29.6 Å². The summed E-state index contributed by atoms with van der Waals surface area (Å²) in [6, 6.07) is 4.71. The fourth-order valence-electron chi connectivity index (χ4n) is 1.35. The fourth-order valence-corrected chi connectivity index (χ4v) is 2.84. The van der Waals surface area contributed by atoms with Crippen LogP contribution < -0.4 is 0 Å². The molecular weight excluding hydrogens is 199 g/mol. The first-order chi connectivity index (χ1) is 6.66. The van der Waals surface area contributed by atoms with Crippen LogP contribution in [0.4, 0.5) is 4.39 Å². The van der Waals surface area contributed by atoms with E-state index >= 15 is 0 Å². The molecule has 1 unspecified atom stereocenters. The summed E-state index contributed by atoms with van der Waals surface area (Å²) >= 11 is 0. The highest BCUT2D eigenvalue weighted by Gasteiger charge is 2.24. The minimum atomic E-state index is -0.936. The highest BCUT2D eigenvalue weighted by molar-refractivity contribution is 7.85. The number of hydrogen-bond donors (Lipinski definition) is 0. The van der Waals surface area contributed by atoms with Crippen LogP contribution in [0.2, 0.25) is 0 Å².